The van der Waals surface area contributed by atoms with Gasteiger partial charge in [-0.15, -0.1) is 0 Å². The fourth-order valence-corrected chi connectivity index (χ4v) is 4.41. The lowest BCUT2D eigenvalue weighted by atomic mass is 9.79. The first-order valence-corrected chi connectivity index (χ1v) is 8.15. The van der Waals surface area contributed by atoms with Crippen LogP contribution in [0.15, 0.2) is 0 Å². The van der Waals surface area contributed by atoms with E-state index in [0.29, 0.717) is 29.8 Å². The summed E-state index contributed by atoms with van der Waals surface area (Å²) in [6.45, 7) is 10.4. The molecule has 0 aromatic heterocycles. The number of fused-ring (bicyclic) bond motifs is 1. The van der Waals surface area contributed by atoms with Gasteiger partial charge in [0, 0.05) is 38.2 Å². The van der Waals surface area contributed by atoms with Crippen LogP contribution in [0.25, 0.3) is 0 Å². The molecule has 0 bridgehead atoms. The van der Waals surface area contributed by atoms with Gasteiger partial charge in [0.1, 0.15) is 0 Å². The minimum absolute atomic E-state index is 0.0221. The number of hydrogen-bond donors (Lipinski definition) is 1. The summed E-state index contributed by atoms with van der Waals surface area (Å²) >= 11 is 0. The lowest BCUT2D eigenvalue weighted by Crippen LogP contribution is -2.48. The molecule has 0 radical (unpaired) electrons. The van der Waals surface area contributed by atoms with Crippen LogP contribution >= 0.6 is 0 Å². The number of carbonyl (C=O) groups is 1. The monoisotopic (exact) mass is 280 g/mol. The molecule has 4 nitrogen and oxygen atoms in total. The first-order chi connectivity index (χ1) is 9.52. The molecule has 0 spiro atoms. The molecule has 1 aliphatic carbocycles. The van der Waals surface area contributed by atoms with E-state index < -0.39 is 0 Å². The van der Waals surface area contributed by atoms with Crippen molar-refractivity contribution < 1.29 is 9.53 Å². The molecule has 1 saturated carbocycles. The van der Waals surface area contributed by atoms with Gasteiger partial charge in [0.25, 0.3) is 0 Å². The van der Waals surface area contributed by atoms with Crippen LogP contribution in [0.3, 0.4) is 0 Å². The van der Waals surface area contributed by atoms with Crippen molar-refractivity contribution in [3.05, 3.63) is 0 Å². The number of rotatable bonds is 4. The summed E-state index contributed by atoms with van der Waals surface area (Å²) < 4.78 is 5.58. The van der Waals surface area contributed by atoms with E-state index in [-0.39, 0.29) is 5.54 Å². The molecule has 114 valence electrons. The third kappa shape index (κ3) is 2.37. The van der Waals surface area contributed by atoms with Crippen molar-refractivity contribution in [1.82, 2.24) is 10.2 Å². The van der Waals surface area contributed by atoms with Gasteiger partial charge in [-0.05, 0) is 51.4 Å². The van der Waals surface area contributed by atoms with Crippen molar-refractivity contribution in [1.29, 1.82) is 0 Å². The average molecular weight is 280 g/mol. The van der Waals surface area contributed by atoms with Gasteiger partial charge < -0.3 is 15.0 Å². The molecule has 2 heterocycles. The van der Waals surface area contributed by atoms with Crippen LogP contribution in [0.2, 0.25) is 0 Å². The Hall–Kier alpha value is -0.610. The summed E-state index contributed by atoms with van der Waals surface area (Å²) in [6, 6.07) is 0. The fourth-order valence-electron chi connectivity index (χ4n) is 4.41. The lowest BCUT2D eigenvalue weighted by Gasteiger charge is -2.39. The predicted octanol–water partition coefficient (Wildman–Crippen LogP) is 1.65. The summed E-state index contributed by atoms with van der Waals surface area (Å²) in [4.78, 5) is 14.8. The minimum Gasteiger partial charge on any atom is -0.378 e. The molecule has 3 rings (SSSR count). The summed E-state index contributed by atoms with van der Waals surface area (Å²) in [5.74, 6) is 2.20. The quantitative estimate of drug-likeness (QED) is 0.851. The molecule has 0 aromatic rings. The summed E-state index contributed by atoms with van der Waals surface area (Å²) in [7, 11) is 0. The van der Waals surface area contributed by atoms with Crippen LogP contribution in [0.1, 0.15) is 40.0 Å². The molecule has 2 unspecified atom stereocenters. The minimum atomic E-state index is 0.0221. The second-order valence-electron chi connectivity index (χ2n) is 7.30. The number of carbonyl (C=O) groups excluding carboxylic acids is 1. The van der Waals surface area contributed by atoms with Crippen LogP contribution in [0.5, 0.6) is 0 Å². The number of nitrogens with zero attached hydrogens (tertiary/aromatic N) is 1. The molecule has 3 aliphatic rings. The maximum atomic E-state index is 12.6. The molecule has 4 heteroatoms. The smallest absolute Gasteiger partial charge is 0.223 e. The Morgan fingerprint density at radius 3 is 2.75 bits per heavy atom. The summed E-state index contributed by atoms with van der Waals surface area (Å²) in [5.41, 5.74) is 0.0221. The van der Waals surface area contributed by atoms with E-state index in [1.807, 2.05) is 6.92 Å². The maximum absolute atomic E-state index is 12.6. The first-order valence-electron chi connectivity index (χ1n) is 8.15. The number of amides is 1. The molecule has 2 saturated heterocycles. The Morgan fingerprint density at radius 2 is 2.10 bits per heavy atom. The molecule has 2 aliphatic heterocycles. The first kappa shape index (κ1) is 14.3. The topological polar surface area (TPSA) is 41.6 Å². The van der Waals surface area contributed by atoms with Gasteiger partial charge in [-0.1, -0.05) is 0 Å². The van der Waals surface area contributed by atoms with Gasteiger partial charge in [-0.25, -0.2) is 0 Å². The highest BCUT2D eigenvalue weighted by Gasteiger charge is 2.51. The van der Waals surface area contributed by atoms with Gasteiger partial charge in [0.05, 0.1) is 6.10 Å². The number of hydrogen-bond acceptors (Lipinski definition) is 3. The van der Waals surface area contributed by atoms with Crippen LogP contribution in [-0.4, -0.2) is 48.7 Å². The van der Waals surface area contributed by atoms with Crippen LogP contribution in [0.4, 0.5) is 0 Å². The third-order valence-corrected chi connectivity index (χ3v) is 5.72. The van der Waals surface area contributed by atoms with Crippen molar-refractivity contribution >= 4 is 5.91 Å². The van der Waals surface area contributed by atoms with Crippen LogP contribution < -0.4 is 5.32 Å². The molecular weight excluding hydrogens is 252 g/mol. The van der Waals surface area contributed by atoms with E-state index in [2.05, 4.69) is 24.1 Å². The Labute approximate surface area is 122 Å². The van der Waals surface area contributed by atoms with Gasteiger partial charge in [-0.3, -0.25) is 4.79 Å². The highest BCUT2D eigenvalue weighted by Crippen LogP contribution is 2.42. The van der Waals surface area contributed by atoms with Crippen LogP contribution in [0, 0.1) is 17.8 Å². The Balaban J connectivity index is 1.53. The summed E-state index contributed by atoms with van der Waals surface area (Å²) in [5, 5.41) is 3.47. The number of nitrogens with one attached hydrogen (secondary N) is 1. The average Bonchev–Trinajstić information content (AvgIpc) is 2.89. The second kappa shape index (κ2) is 5.30. The van der Waals surface area contributed by atoms with Crippen molar-refractivity contribution in [3.8, 4) is 0 Å². The zero-order chi connectivity index (χ0) is 14.3. The fraction of sp³-hybridized carbons (Fsp3) is 0.938. The highest BCUT2D eigenvalue weighted by molar-refractivity contribution is 5.78. The van der Waals surface area contributed by atoms with Crippen LogP contribution in [-0.2, 0) is 9.53 Å². The van der Waals surface area contributed by atoms with Crippen molar-refractivity contribution in [2.45, 2.75) is 51.7 Å². The van der Waals surface area contributed by atoms with E-state index >= 15 is 0 Å². The van der Waals surface area contributed by atoms with Gasteiger partial charge in [0.2, 0.25) is 5.91 Å². The summed E-state index contributed by atoms with van der Waals surface area (Å²) in [6.07, 6.45) is 3.28. The number of ether oxygens (including phenoxy) is 1. The van der Waals surface area contributed by atoms with Gasteiger partial charge in [-0.2, -0.15) is 0 Å². The number of likely N-dealkylation sites (tertiary alicyclic amines) is 1. The largest absolute Gasteiger partial charge is 0.378 e. The molecule has 1 amide bonds. The molecule has 1 N–H and O–H groups in total. The van der Waals surface area contributed by atoms with E-state index in [9.17, 15) is 4.79 Å². The Morgan fingerprint density at radius 1 is 1.35 bits per heavy atom. The van der Waals surface area contributed by atoms with E-state index in [4.69, 9.17) is 4.74 Å². The SMILES string of the molecule is CCOC1CC(CC(=O)N2CC3CNCC3C2(C)C)C1. The van der Waals surface area contributed by atoms with Gasteiger partial charge >= 0.3 is 0 Å². The van der Waals surface area contributed by atoms with Crippen molar-refractivity contribution in [2.75, 3.05) is 26.2 Å². The maximum Gasteiger partial charge on any atom is 0.223 e. The second-order valence-corrected chi connectivity index (χ2v) is 7.30. The van der Waals surface area contributed by atoms with E-state index in [1.54, 1.807) is 0 Å². The van der Waals surface area contributed by atoms with Gasteiger partial charge in [0.15, 0.2) is 0 Å². The lowest BCUT2D eigenvalue weighted by molar-refractivity contribution is -0.138. The Bertz CT molecular complexity index is 377. The van der Waals surface area contributed by atoms with E-state index in [0.717, 1.165) is 45.5 Å². The standard InChI is InChI=1S/C16H28N2O2/c1-4-20-13-5-11(6-13)7-15(19)18-10-12-8-17-9-14(12)16(18,2)3/h11-14,17H,4-10H2,1-3H3. The highest BCUT2D eigenvalue weighted by atomic mass is 16.5. The molecule has 3 fully saturated rings. The predicted molar refractivity (Wildman–Crippen MR) is 78.4 cm³/mol. The zero-order valence-corrected chi connectivity index (χ0v) is 13.0. The molecule has 0 aromatic carbocycles. The zero-order valence-electron chi connectivity index (χ0n) is 13.0. The van der Waals surface area contributed by atoms with Crippen molar-refractivity contribution in [2.24, 2.45) is 17.8 Å². The molecule has 2 atom stereocenters. The Kier molecular flexibility index (Phi) is 3.80. The molecular formula is C16H28N2O2. The normalized spacial score (nSPS) is 38.6. The molecule has 20 heavy (non-hydrogen) atoms. The van der Waals surface area contributed by atoms with Crippen molar-refractivity contribution in [3.63, 3.8) is 0 Å². The third-order valence-electron chi connectivity index (χ3n) is 5.72. The van der Waals surface area contributed by atoms with E-state index in [1.165, 1.54) is 0 Å².